The minimum atomic E-state index is -2.04. The van der Waals surface area contributed by atoms with Crippen molar-refractivity contribution in [1.82, 2.24) is 0 Å². The Bertz CT molecular complexity index is 1170. The van der Waals surface area contributed by atoms with E-state index in [0.29, 0.717) is 0 Å². The molecule has 14 N–H and O–H groups in total. The van der Waals surface area contributed by atoms with Gasteiger partial charge in [-0.15, -0.1) is 0 Å². The van der Waals surface area contributed by atoms with Gasteiger partial charge >= 0.3 is 0 Å². The minimum Gasteiger partial charge on any atom is -0.394 e. The van der Waals surface area contributed by atoms with Crippen molar-refractivity contribution in [3.63, 3.8) is 0 Å². The summed E-state index contributed by atoms with van der Waals surface area (Å²) in [6, 6.07) is 0. The number of rotatable bonds is 18. The Kier molecular flexibility index (Phi) is 18.6. The van der Waals surface area contributed by atoms with E-state index in [0.717, 1.165) is 6.92 Å². The van der Waals surface area contributed by atoms with Gasteiger partial charge in [-0.3, -0.25) is 0 Å². The molecule has 4 saturated heterocycles. The van der Waals surface area contributed by atoms with E-state index in [1.807, 2.05) is 0 Å². The number of aliphatic hydroxyl groups excluding tert-OH is 14. The molecule has 0 amide bonds. The lowest BCUT2D eigenvalue weighted by molar-refractivity contribution is -0.379. The summed E-state index contributed by atoms with van der Waals surface area (Å²) in [5, 5.41) is 147. The Balaban J connectivity index is 1.58. The van der Waals surface area contributed by atoms with Gasteiger partial charge in [-0.25, -0.2) is 0 Å². The highest BCUT2D eigenvalue weighted by Crippen LogP contribution is 2.36. The first-order valence-electron chi connectivity index (χ1n) is 19.0. The summed E-state index contributed by atoms with van der Waals surface area (Å²) in [5.74, 6) is -1.39. The molecule has 11 unspecified atom stereocenters. The Morgan fingerprint density at radius 3 is 1.65 bits per heavy atom. The molecule has 0 aromatic rings. The SMILES string of the molecule is C[C@@H]1OC(CO)[C@@H](O[C@@H]2OC(CO)[C@@H](O[C@@H]3OC(CO[C@H]4OC(CO)[C@@H](O)C(O)[C@H]4O)[C@@H](O)C(OC(OCCO)C(O)C(O)[C@@H](C)O)[C@H]3O)C(O)[C@@H]2C)C(O)[C@@H]1C. The van der Waals surface area contributed by atoms with Gasteiger partial charge in [-0.05, 0) is 13.8 Å². The predicted molar refractivity (Wildman–Crippen MR) is 183 cm³/mol. The van der Waals surface area contributed by atoms with Crippen molar-refractivity contribution in [2.45, 2.75) is 163 Å². The average Bonchev–Trinajstić information content (AvgIpc) is 3.19. The average molecular weight is 839 g/mol. The van der Waals surface area contributed by atoms with Crippen LogP contribution in [-0.2, 0) is 42.6 Å². The smallest absolute Gasteiger partial charge is 0.187 e. The summed E-state index contributed by atoms with van der Waals surface area (Å²) in [7, 11) is 0. The lowest BCUT2D eigenvalue weighted by atomic mass is 9.88. The van der Waals surface area contributed by atoms with Crippen LogP contribution in [0.15, 0.2) is 0 Å². The zero-order chi connectivity index (χ0) is 42.5. The molecule has 23 heteroatoms. The van der Waals surface area contributed by atoms with Crippen LogP contribution in [0.5, 0.6) is 0 Å². The molecule has 4 heterocycles. The monoisotopic (exact) mass is 838 g/mol. The highest BCUT2D eigenvalue weighted by atomic mass is 16.8. The van der Waals surface area contributed by atoms with Crippen LogP contribution in [-0.4, -0.2) is 246 Å². The molecular formula is C34H62O23. The summed E-state index contributed by atoms with van der Waals surface area (Å²) in [5.41, 5.74) is 0. The molecule has 0 saturated carbocycles. The number of aliphatic hydroxyl groups is 14. The molecule has 336 valence electrons. The molecule has 57 heavy (non-hydrogen) atoms. The fourth-order valence-electron chi connectivity index (χ4n) is 7.12. The molecule has 0 spiro atoms. The third-order valence-electron chi connectivity index (χ3n) is 11.0. The second kappa shape index (κ2) is 21.7. The van der Waals surface area contributed by atoms with Gasteiger partial charge in [0.1, 0.15) is 85.5 Å². The van der Waals surface area contributed by atoms with Crippen molar-refractivity contribution in [3.05, 3.63) is 0 Å². The standard InChI is InChI=1S/C34H62O23/c1-11-14(4)51-16(8-37)28(19(11)40)55-31-12(2)20(41)29(17(9-38)53-31)56-34-27(48)30(57-32(49-6-5-35)25(46)21(42)13(3)39)23(44)18(54-34)10-50-33-26(47)24(45)22(43)15(7-36)52-33/h11-48H,5-10H2,1-4H3/t11-,12+,13-,14+,15?,16?,17?,18?,19?,20?,21?,22-,23-,24?,25?,26-,27-,28-,29-,30?,31+,32?,33+,34+/m1/s1. The predicted octanol–water partition coefficient (Wildman–Crippen LogP) is -7.67. The Hall–Kier alpha value is -0.920. The summed E-state index contributed by atoms with van der Waals surface area (Å²) >= 11 is 0. The van der Waals surface area contributed by atoms with E-state index in [1.165, 1.54) is 6.92 Å². The normalized spacial score (nSPS) is 46.6. The Morgan fingerprint density at radius 1 is 0.526 bits per heavy atom. The molecular weight excluding hydrogens is 776 g/mol. The van der Waals surface area contributed by atoms with Crippen LogP contribution in [0.3, 0.4) is 0 Å². The third-order valence-corrected chi connectivity index (χ3v) is 11.0. The van der Waals surface area contributed by atoms with Crippen LogP contribution in [0, 0.1) is 11.8 Å². The third kappa shape index (κ3) is 11.1. The summed E-state index contributed by atoms with van der Waals surface area (Å²) in [4.78, 5) is 0. The van der Waals surface area contributed by atoms with Crippen molar-refractivity contribution in [2.75, 3.05) is 39.6 Å². The first-order chi connectivity index (χ1) is 26.9. The highest BCUT2D eigenvalue weighted by molar-refractivity contribution is 4.97. The van der Waals surface area contributed by atoms with Gasteiger partial charge in [0.25, 0.3) is 0 Å². The van der Waals surface area contributed by atoms with E-state index in [-0.39, 0.29) is 0 Å². The minimum absolute atomic E-state index is 0.413. The zero-order valence-corrected chi connectivity index (χ0v) is 32.0. The van der Waals surface area contributed by atoms with Gasteiger partial charge in [0, 0.05) is 11.8 Å². The van der Waals surface area contributed by atoms with Crippen LogP contribution in [0.2, 0.25) is 0 Å². The first-order valence-corrected chi connectivity index (χ1v) is 19.0. The van der Waals surface area contributed by atoms with Gasteiger partial charge in [-0.1, -0.05) is 13.8 Å². The molecule has 0 aromatic carbocycles. The highest BCUT2D eigenvalue weighted by Gasteiger charge is 2.54. The first kappa shape index (κ1) is 48.7. The lowest BCUT2D eigenvalue weighted by Crippen LogP contribution is -2.66. The van der Waals surface area contributed by atoms with Crippen molar-refractivity contribution >= 4 is 0 Å². The quantitative estimate of drug-likeness (QED) is 0.0570. The fraction of sp³-hybridized carbons (Fsp3) is 1.00. The van der Waals surface area contributed by atoms with Gasteiger partial charge < -0.3 is 114 Å². The summed E-state index contributed by atoms with van der Waals surface area (Å²) < 4.78 is 51.7. The second-order valence-electron chi connectivity index (χ2n) is 15.0. The zero-order valence-electron chi connectivity index (χ0n) is 32.0. The molecule has 0 radical (unpaired) electrons. The molecule has 0 aliphatic carbocycles. The van der Waals surface area contributed by atoms with E-state index in [1.54, 1.807) is 13.8 Å². The maximum atomic E-state index is 11.5. The lowest BCUT2D eigenvalue weighted by Gasteiger charge is -2.49. The maximum Gasteiger partial charge on any atom is 0.187 e. The van der Waals surface area contributed by atoms with Gasteiger partial charge in [0.05, 0.1) is 64.1 Å². The van der Waals surface area contributed by atoms with E-state index < -0.39 is 187 Å². The number of ether oxygens (including phenoxy) is 9. The van der Waals surface area contributed by atoms with Gasteiger partial charge in [-0.2, -0.15) is 0 Å². The molecule has 4 aliphatic rings. The van der Waals surface area contributed by atoms with Crippen LogP contribution < -0.4 is 0 Å². The van der Waals surface area contributed by atoms with Crippen LogP contribution >= 0.6 is 0 Å². The van der Waals surface area contributed by atoms with Crippen LogP contribution in [0.4, 0.5) is 0 Å². The largest absolute Gasteiger partial charge is 0.394 e. The maximum absolute atomic E-state index is 11.5. The molecule has 0 bridgehead atoms. The summed E-state index contributed by atoms with van der Waals surface area (Å²) in [6.45, 7) is 2.17. The van der Waals surface area contributed by atoms with E-state index in [9.17, 15) is 71.5 Å². The number of hydrogen-bond donors (Lipinski definition) is 14. The Labute approximate surface area is 328 Å². The number of hydrogen-bond acceptors (Lipinski definition) is 23. The molecule has 4 aliphatic heterocycles. The van der Waals surface area contributed by atoms with Crippen molar-refractivity contribution < 1.29 is 114 Å². The van der Waals surface area contributed by atoms with E-state index in [4.69, 9.17) is 42.6 Å². The topological polar surface area (TPSA) is 366 Å². The van der Waals surface area contributed by atoms with E-state index in [2.05, 4.69) is 0 Å². The summed E-state index contributed by atoms with van der Waals surface area (Å²) in [6.07, 6.45) is -34.6. The van der Waals surface area contributed by atoms with E-state index >= 15 is 0 Å². The van der Waals surface area contributed by atoms with Gasteiger partial charge in [0.15, 0.2) is 25.2 Å². The van der Waals surface area contributed by atoms with Crippen molar-refractivity contribution in [3.8, 4) is 0 Å². The van der Waals surface area contributed by atoms with Crippen molar-refractivity contribution in [1.29, 1.82) is 0 Å². The van der Waals surface area contributed by atoms with Crippen molar-refractivity contribution in [2.24, 2.45) is 11.8 Å². The molecule has 4 rings (SSSR count). The Morgan fingerprint density at radius 2 is 1.07 bits per heavy atom. The second-order valence-corrected chi connectivity index (χ2v) is 15.0. The molecule has 23 nitrogen and oxygen atoms in total. The van der Waals surface area contributed by atoms with Gasteiger partial charge in [0.2, 0.25) is 0 Å². The van der Waals surface area contributed by atoms with Crippen LogP contribution in [0.25, 0.3) is 0 Å². The molecule has 0 aromatic heterocycles. The fourth-order valence-corrected chi connectivity index (χ4v) is 7.12. The van der Waals surface area contributed by atoms with Crippen LogP contribution in [0.1, 0.15) is 27.7 Å². The molecule has 24 atom stereocenters. The molecule has 4 fully saturated rings.